The lowest BCUT2D eigenvalue weighted by molar-refractivity contribution is -0.317. The lowest BCUT2D eigenvalue weighted by Crippen LogP contribution is -2.62. The number of cyclic esters (lactones) is 1. The van der Waals surface area contributed by atoms with Crippen molar-refractivity contribution in [3.8, 4) is 0 Å². The number of aliphatic hydroxyl groups excluding tert-OH is 2. The molecule has 0 bridgehead atoms. The summed E-state index contributed by atoms with van der Waals surface area (Å²) in [5, 5.41) is 25.4. The smallest absolute Gasteiger partial charge is 0.408 e. The third-order valence-corrected chi connectivity index (χ3v) is 12.8. The van der Waals surface area contributed by atoms with Crippen molar-refractivity contribution in [1.82, 2.24) is 10.2 Å². The number of esters is 1. The van der Waals surface area contributed by atoms with Crippen LogP contribution in [0.1, 0.15) is 94.9 Å². The number of Topliss-reactive ketones (excluding diaryl/α,β-unsaturated/α-hetero) is 1. The largest absolute Gasteiger partial charge is 0.458 e. The number of ether oxygens (including phenoxy) is 8. The predicted octanol–water partition coefficient (Wildman–Crippen LogP) is 2.64. The molecule has 56 heavy (non-hydrogen) atoms. The van der Waals surface area contributed by atoms with E-state index in [0.29, 0.717) is 6.42 Å². The van der Waals surface area contributed by atoms with Crippen molar-refractivity contribution in [1.29, 1.82) is 0 Å². The molecule has 0 spiro atoms. The van der Waals surface area contributed by atoms with E-state index < -0.39 is 114 Å². The molecule has 4 aliphatic heterocycles. The van der Waals surface area contributed by atoms with E-state index in [1.54, 1.807) is 62.3 Å². The van der Waals surface area contributed by atoms with Crippen LogP contribution in [0, 0.1) is 23.7 Å². The molecular formula is C39H67N3O14. The number of nitrogens with zero attached hydrogens (tertiary/aromatic N) is 1. The van der Waals surface area contributed by atoms with Gasteiger partial charge in [-0.2, -0.15) is 0 Å². The van der Waals surface area contributed by atoms with Crippen LogP contribution in [0.25, 0.3) is 0 Å². The molecule has 4 aliphatic rings. The number of ketones is 1. The fourth-order valence-electron chi connectivity index (χ4n) is 9.47. The van der Waals surface area contributed by atoms with E-state index in [4.69, 9.17) is 43.6 Å². The molecular weight excluding hydrogens is 734 g/mol. The summed E-state index contributed by atoms with van der Waals surface area (Å²) < 4.78 is 49.6. The van der Waals surface area contributed by atoms with E-state index >= 15 is 0 Å². The number of carbonyl (C=O) groups is 4. The van der Waals surface area contributed by atoms with Gasteiger partial charge in [0, 0.05) is 37.3 Å². The number of nitrogens with one attached hydrogen (secondary N) is 1. The maximum atomic E-state index is 14.5. The standard InChI is InChI=1S/C39H67N3O14/c1-14-25-39(10)30(41-36(48)56-39)20(4)27(43)18(2)16-38(9,55-35(40)47)32(54-34-28(44)24(42(11)12)15-19(3)50-34)21(5)29(22(6)33(46)52-25)53-26-17-37(8,49-13)31(45)23(7)51-26/h18-26,28-32,34,44-45H,14-17H2,1-13H3,(H2,40,47)(H,41,48)/t18-,19-,20+,21+,22-,23+,24+,25-,26+,28-,29+,30?,31+,32-,34+,37-,38-,39-/m1/s1. The summed E-state index contributed by atoms with van der Waals surface area (Å²) in [5.74, 6) is -4.68. The molecule has 17 heteroatoms. The number of amides is 2. The van der Waals surface area contributed by atoms with E-state index in [1.807, 2.05) is 25.9 Å². The Labute approximate surface area is 330 Å². The molecule has 4 rings (SSSR count). The number of primary amides is 1. The Morgan fingerprint density at radius 2 is 1.61 bits per heavy atom. The summed E-state index contributed by atoms with van der Waals surface area (Å²) >= 11 is 0. The minimum Gasteiger partial charge on any atom is -0.458 e. The minimum atomic E-state index is -1.71. The molecule has 0 aromatic carbocycles. The highest BCUT2D eigenvalue weighted by Crippen LogP contribution is 2.43. The van der Waals surface area contributed by atoms with Gasteiger partial charge in [-0.15, -0.1) is 0 Å². The van der Waals surface area contributed by atoms with Crippen molar-refractivity contribution < 1.29 is 67.3 Å². The van der Waals surface area contributed by atoms with Crippen LogP contribution in [-0.2, 0) is 47.5 Å². The molecule has 0 aromatic heterocycles. The van der Waals surface area contributed by atoms with E-state index in [-0.39, 0.29) is 37.2 Å². The number of alkyl carbamates (subject to hydrolysis) is 1. The molecule has 18 atom stereocenters. The fraction of sp³-hybridized carbons (Fsp3) is 0.897. The van der Waals surface area contributed by atoms with Gasteiger partial charge in [0.1, 0.15) is 35.8 Å². The van der Waals surface area contributed by atoms with E-state index in [2.05, 4.69) is 5.32 Å². The Morgan fingerprint density at radius 3 is 2.18 bits per heavy atom. The summed E-state index contributed by atoms with van der Waals surface area (Å²) in [6.07, 6.45) is -10.1. The highest BCUT2D eigenvalue weighted by Gasteiger charge is 2.58. The second-order valence-corrected chi connectivity index (χ2v) is 17.4. The zero-order valence-corrected chi connectivity index (χ0v) is 35.3. The Morgan fingerprint density at radius 1 is 0.964 bits per heavy atom. The summed E-state index contributed by atoms with van der Waals surface area (Å²) in [7, 11) is 5.14. The Bertz CT molecular complexity index is 1420. The average Bonchev–Trinajstić information content (AvgIpc) is 3.43. The molecule has 4 heterocycles. The molecule has 1 unspecified atom stereocenters. The number of rotatable bonds is 8. The summed E-state index contributed by atoms with van der Waals surface area (Å²) in [6.45, 7) is 17.0. The SMILES string of the molecule is CC[C@H]1OC(=O)[C@H](C)[C@@H](O[C@H]2C[C@@](C)(OC)[C@@H](O)[C@H](C)O2)[C@H](C)[C@@H](O[C@@H]2O[C@H](C)C[C@H](N(C)C)[C@H]2O)[C@](C)(OC(N)=O)C[C@@H](C)C(=O)[C@H](C)C2NC(=O)O[C@@]21C. The van der Waals surface area contributed by atoms with Crippen LogP contribution in [-0.4, -0.2) is 144 Å². The first-order chi connectivity index (χ1) is 25.9. The molecule has 0 aliphatic carbocycles. The van der Waals surface area contributed by atoms with Crippen LogP contribution in [0.4, 0.5) is 9.59 Å². The first-order valence-corrected chi connectivity index (χ1v) is 19.8. The highest BCUT2D eigenvalue weighted by atomic mass is 16.7. The predicted molar refractivity (Wildman–Crippen MR) is 200 cm³/mol. The van der Waals surface area contributed by atoms with Gasteiger partial charge in [-0.1, -0.05) is 27.7 Å². The van der Waals surface area contributed by atoms with Crippen LogP contribution in [0.15, 0.2) is 0 Å². The number of methoxy groups -OCH3 is 1. The van der Waals surface area contributed by atoms with E-state index in [1.165, 1.54) is 7.11 Å². The van der Waals surface area contributed by atoms with Gasteiger partial charge in [-0.25, -0.2) is 9.59 Å². The van der Waals surface area contributed by atoms with E-state index in [0.717, 1.165) is 0 Å². The number of hydrogen-bond donors (Lipinski definition) is 4. The molecule has 5 N–H and O–H groups in total. The Hall–Kier alpha value is -2.64. The highest BCUT2D eigenvalue weighted by molar-refractivity contribution is 5.85. The van der Waals surface area contributed by atoms with Gasteiger partial charge in [0.2, 0.25) is 0 Å². The van der Waals surface area contributed by atoms with Gasteiger partial charge in [0.15, 0.2) is 18.2 Å². The van der Waals surface area contributed by atoms with Crippen molar-refractivity contribution in [2.45, 2.75) is 179 Å². The van der Waals surface area contributed by atoms with Crippen LogP contribution in [0.2, 0.25) is 0 Å². The van der Waals surface area contributed by atoms with Gasteiger partial charge >= 0.3 is 18.2 Å². The maximum absolute atomic E-state index is 14.5. The second kappa shape index (κ2) is 17.7. The number of hydrogen-bond acceptors (Lipinski definition) is 15. The molecule has 322 valence electrons. The Balaban J connectivity index is 1.92. The quantitative estimate of drug-likeness (QED) is 0.205. The monoisotopic (exact) mass is 801 g/mol. The lowest BCUT2D eigenvalue weighted by atomic mass is 9.73. The first-order valence-electron chi connectivity index (χ1n) is 19.8. The summed E-state index contributed by atoms with van der Waals surface area (Å²) in [6, 6.07) is -1.27. The normalized spacial score (nSPS) is 46.9. The summed E-state index contributed by atoms with van der Waals surface area (Å²) in [5.41, 5.74) is 1.52. The third kappa shape index (κ3) is 9.30. The third-order valence-electron chi connectivity index (χ3n) is 12.8. The van der Waals surface area contributed by atoms with Gasteiger partial charge in [-0.3, -0.25) is 9.59 Å². The van der Waals surface area contributed by atoms with Crippen LogP contribution in [0.3, 0.4) is 0 Å². The maximum Gasteiger partial charge on any atom is 0.408 e. The van der Waals surface area contributed by atoms with Gasteiger partial charge < -0.3 is 64.1 Å². The second-order valence-electron chi connectivity index (χ2n) is 17.4. The topological polar surface area (TPSA) is 224 Å². The number of nitrogens with two attached hydrogens (primary N) is 1. The number of carbonyl (C=O) groups excluding carboxylic acids is 4. The molecule has 2 amide bonds. The van der Waals surface area contributed by atoms with Crippen molar-refractivity contribution >= 4 is 23.9 Å². The van der Waals surface area contributed by atoms with Crippen LogP contribution >= 0.6 is 0 Å². The lowest BCUT2D eigenvalue weighted by Gasteiger charge is -2.49. The molecule has 4 fully saturated rings. The molecule has 0 aromatic rings. The number of likely N-dealkylation sites (N-methyl/N-ethyl adjacent to an activating group) is 1. The number of aliphatic hydroxyl groups is 2. The van der Waals surface area contributed by atoms with Crippen molar-refractivity contribution in [2.24, 2.45) is 29.4 Å². The molecule has 17 nitrogen and oxygen atoms in total. The minimum absolute atomic E-state index is 0.0649. The Kier molecular flexibility index (Phi) is 14.5. The summed E-state index contributed by atoms with van der Waals surface area (Å²) in [4.78, 5) is 56.4. The van der Waals surface area contributed by atoms with Gasteiger partial charge in [0.25, 0.3) is 0 Å². The zero-order valence-electron chi connectivity index (χ0n) is 35.3. The number of fused-ring (bicyclic) bond motifs is 1. The molecule has 0 saturated carbocycles. The van der Waals surface area contributed by atoms with Crippen molar-refractivity contribution in [3.05, 3.63) is 0 Å². The van der Waals surface area contributed by atoms with Gasteiger partial charge in [-0.05, 0) is 74.9 Å². The van der Waals surface area contributed by atoms with E-state index in [9.17, 15) is 29.4 Å². The van der Waals surface area contributed by atoms with Crippen molar-refractivity contribution in [2.75, 3.05) is 21.2 Å². The van der Waals surface area contributed by atoms with Crippen LogP contribution in [0.5, 0.6) is 0 Å². The average molecular weight is 802 g/mol. The molecule has 4 saturated heterocycles. The fourth-order valence-corrected chi connectivity index (χ4v) is 9.47. The van der Waals surface area contributed by atoms with Gasteiger partial charge in [0.05, 0.1) is 35.9 Å². The first kappa shape index (κ1) is 46.1. The van der Waals surface area contributed by atoms with Crippen LogP contribution < -0.4 is 11.1 Å². The zero-order chi connectivity index (χ0) is 42.2. The van der Waals surface area contributed by atoms with Crippen molar-refractivity contribution in [3.63, 3.8) is 0 Å². The molecule has 0 radical (unpaired) electrons.